The van der Waals surface area contributed by atoms with Gasteiger partial charge in [0, 0.05) is 22.8 Å². The molecular formula is C19H22N2OS. The van der Waals surface area contributed by atoms with Crippen LogP contribution in [0.1, 0.15) is 20.3 Å². The topological polar surface area (TPSA) is 23.6 Å². The molecule has 120 valence electrons. The van der Waals surface area contributed by atoms with Gasteiger partial charge in [0.2, 0.25) is 5.91 Å². The zero-order valence-corrected chi connectivity index (χ0v) is 14.5. The van der Waals surface area contributed by atoms with Gasteiger partial charge in [0.25, 0.3) is 0 Å². The van der Waals surface area contributed by atoms with Gasteiger partial charge in [-0.2, -0.15) is 0 Å². The lowest BCUT2D eigenvalue weighted by atomic mass is 10.2. The molecule has 1 aliphatic heterocycles. The Morgan fingerprint density at radius 2 is 1.48 bits per heavy atom. The van der Waals surface area contributed by atoms with Crippen LogP contribution in [0.5, 0.6) is 0 Å². The summed E-state index contributed by atoms with van der Waals surface area (Å²) < 4.78 is 0. The van der Waals surface area contributed by atoms with Crippen molar-refractivity contribution >= 4 is 29.0 Å². The Bertz CT molecular complexity index is 652. The number of nitrogens with zero attached hydrogens (tertiary/aromatic N) is 2. The lowest BCUT2D eigenvalue weighted by molar-refractivity contribution is -0.118. The average Bonchev–Trinajstić information content (AvgIpc) is 2.60. The maximum absolute atomic E-state index is 12.9. The van der Waals surface area contributed by atoms with Gasteiger partial charge in [-0.15, -0.1) is 0 Å². The first-order valence-electron chi connectivity index (χ1n) is 8.15. The van der Waals surface area contributed by atoms with Crippen LogP contribution in [0, 0.1) is 0 Å². The molecule has 0 saturated carbocycles. The largest absolute Gasteiger partial charge is 0.303 e. The molecular weight excluding hydrogens is 304 g/mol. The maximum atomic E-state index is 12.9. The SMILES string of the molecule is CCN(CC)CCC(=O)N1c2ccccc2Sc2ccccc21. The monoisotopic (exact) mass is 326 g/mol. The second-order valence-corrected chi connectivity index (χ2v) is 6.63. The van der Waals surface area contributed by atoms with Crippen LogP contribution in [0.15, 0.2) is 58.3 Å². The van der Waals surface area contributed by atoms with Crippen molar-refractivity contribution in [2.45, 2.75) is 30.1 Å². The van der Waals surface area contributed by atoms with Crippen LogP contribution < -0.4 is 4.90 Å². The van der Waals surface area contributed by atoms with Crippen LogP contribution in [0.2, 0.25) is 0 Å². The third-order valence-corrected chi connectivity index (χ3v) is 5.35. The Morgan fingerprint density at radius 1 is 0.957 bits per heavy atom. The lowest BCUT2D eigenvalue weighted by Crippen LogP contribution is -2.33. The van der Waals surface area contributed by atoms with Crippen LogP contribution in [0.25, 0.3) is 0 Å². The van der Waals surface area contributed by atoms with Crippen molar-refractivity contribution < 1.29 is 4.79 Å². The molecule has 1 aliphatic rings. The van der Waals surface area contributed by atoms with Gasteiger partial charge in [-0.3, -0.25) is 9.69 Å². The maximum Gasteiger partial charge on any atom is 0.232 e. The number of amides is 1. The normalized spacial score (nSPS) is 12.9. The highest BCUT2D eigenvalue weighted by molar-refractivity contribution is 7.99. The van der Waals surface area contributed by atoms with Gasteiger partial charge in [0.15, 0.2) is 0 Å². The van der Waals surface area contributed by atoms with E-state index in [9.17, 15) is 4.79 Å². The molecule has 0 fully saturated rings. The van der Waals surface area contributed by atoms with Crippen molar-refractivity contribution in [3.63, 3.8) is 0 Å². The number of carbonyl (C=O) groups excluding carboxylic acids is 1. The third kappa shape index (κ3) is 3.28. The summed E-state index contributed by atoms with van der Waals surface area (Å²) in [5.74, 6) is 0.164. The number of hydrogen-bond acceptors (Lipinski definition) is 3. The van der Waals surface area contributed by atoms with E-state index in [2.05, 4.69) is 30.9 Å². The summed E-state index contributed by atoms with van der Waals surface area (Å²) in [5, 5.41) is 0. The van der Waals surface area contributed by atoms with Crippen LogP contribution in [0.3, 0.4) is 0 Å². The first-order valence-corrected chi connectivity index (χ1v) is 8.97. The molecule has 4 heteroatoms. The van der Waals surface area contributed by atoms with E-state index in [1.807, 2.05) is 41.3 Å². The molecule has 0 spiro atoms. The number of fused-ring (bicyclic) bond motifs is 2. The summed E-state index contributed by atoms with van der Waals surface area (Å²) in [6.45, 7) is 7.03. The third-order valence-electron chi connectivity index (χ3n) is 4.22. The summed E-state index contributed by atoms with van der Waals surface area (Å²) >= 11 is 1.73. The molecule has 1 amide bonds. The van der Waals surface area contributed by atoms with Crippen LogP contribution in [-0.2, 0) is 4.79 Å². The lowest BCUT2D eigenvalue weighted by Gasteiger charge is -2.31. The van der Waals surface area contributed by atoms with Gasteiger partial charge in [-0.05, 0) is 37.4 Å². The number of anilines is 2. The van der Waals surface area contributed by atoms with E-state index < -0.39 is 0 Å². The van der Waals surface area contributed by atoms with Crippen molar-refractivity contribution in [1.82, 2.24) is 4.90 Å². The van der Waals surface area contributed by atoms with E-state index in [1.165, 1.54) is 0 Å². The fourth-order valence-corrected chi connectivity index (χ4v) is 3.94. The van der Waals surface area contributed by atoms with Gasteiger partial charge in [0.05, 0.1) is 11.4 Å². The number of para-hydroxylation sites is 2. The molecule has 0 saturated heterocycles. The summed E-state index contributed by atoms with van der Waals surface area (Å²) in [6.07, 6.45) is 0.537. The van der Waals surface area contributed by atoms with Gasteiger partial charge >= 0.3 is 0 Å². The predicted octanol–water partition coefficient (Wildman–Crippen LogP) is 4.55. The molecule has 0 unspecified atom stereocenters. The molecule has 2 aromatic carbocycles. The molecule has 0 aliphatic carbocycles. The van der Waals surface area contributed by atoms with Gasteiger partial charge in [-0.1, -0.05) is 49.9 Å². The van der Waals surface area contributed by atoms with Gasteiger partial charge in [0.1, 0.15) is 0 Å². The average molecular weight is 326 g/mol. The molecule has 3 rings (SSSR count). The van der Waals surface area contributed by atoms with E-state index >= 15 is 0 Å². The minimum absolute atomic E-state index is 0.164. The Balaban J connectivity index is 1.90. The van der Waals surface area contributed by atoms with E-state index in [0.717, 1.165) is 40.8 Å². The fraction of sp³-hybridized carbons (Fsp3) is 0.316. The Hall–Kier alpha value is -1.78. The zero-order valence-electron chi connectivity index (χ0n) is 13.7. The van der Waals surface area contributed by atoms with Crippen molar-refractivity contribution in [1.29, 1.82) is 0 Å². The molecule has 0 N–H and O–H groups in total. The Labute approximate surface area is 142 Å². The number of rotatable bonds is 5. The molecule has 0 radical (unpaired) electrons. The summed E-state index contributed by atoms with van der Waals surface area (Å²) in [4.78, 5) is 19.4. The highest BCUT2D eigenvalue weighted by Gasteiger charge is 2.27. The summed E-state index contributed by atoms with van der Waals surface area (Å²) in [6, 6.07) is 16.3. The molecule has 23 heavy (non-hydrogen) atoms. The highest BCUT2D eigenvalue weighted by atomic mass is 32.2. The Kier molecular flexibility index (Phi) is 5.03. The number of carbonyl (C=O) groups is 1. The van der Waals surface area contributed by atoms with Crippen molar-refractivity contribution in [3.8, 4) is 0 Å². The van der Waals surface area contributed by atoms with Crippen LogP contribution >= 0.6 is 11.8 Å². The molecule has 1 heterocycles. The fourth-order valence-electron chi connectivity index (χ4n) is 2.88. The van der Waals surface area contributed by atoms with Crippen molar-refractivity contribution in [2.24, 2.45) is 0 Å². The quantitative estimate of drug-likeness (QED) is 0.805. The molecule has 0 aromatic heterocycles. The van der Waals surface area contributed by atoms with Crippen molar-refractivity contribution in [3.05, 3.63) is 48.5 Å². The second-order valence-electron chi connectivity index (χ2n) is 5.54. The standard InChI is InChI=1S/C19H22N2OS/c1-3-20(4-2)14-13-19(22)21-15-9-5-7-11-17(15)23-18-12-8-6-10-16(18)21/h5-12H,3-4,13-14H2,1-2H3. The minimum atomic E-state index is 0.164. The minimum Gasteiger partial charge on any atom is -0.303 e. The second kappa shape index (κ2) is 7.20. The predicted molar refractivity (Wildman–Crippen MR) is 96.6 cm³/mol. The van der Waals surface area contributed by atoms with Crippen LogP contribution in [-0.4, -0.2) is 30.4 Å². The molecule has 3 nitrogen and oxygen atoms in total. The Morgan fingerprint density at radius 3 is 2.00 bits per heavy atom. The highest BCUT2D eigenvalue weighted by Crippen LogP contribution is 2.47. The molecule has 2 aromatic rings. The van der Waals surface area contributed by atoms with E-state index in [-0.39, 0.29) is 5.91 Å². The van der Waals surface area contributed by atoms with E-state index in [1.54, 1.807) is 11.8 Å². The number of hydrogen-bond donors (Lipinski definition) is 0. The summed E-state index contributed by atoms with van der Waals surface area (Å²) in [5.41, 5.74) is 2.00. The van der Waals surface area contributed by atoms with Gasteiger partial charge < -0.3 is 4.90 Å². The summed E-state index contributed by atoms with van der Waals surface area (Å²) in [7, 11) is 0. The smallest absolute Gasteiger partial charge is 0.232 e. The first-order chi connectivity index (χ1) is 11.2. The zero-order chi connectivity index (χ0) is 16.2. The van der Waals surface area contributed by atoms with Crippen LogP contribution in [0.4, 0.5) is 11.4 Å². The van der Waals surface area contributed by atoms with Crippen molar-refractivity contribution in [2.75, 3.05) is 24.5 Å². The first kappa shape index (κ1) is 16.1. The van der Waals surface area contributed by atoms with E-state index in [4.69, 9.17) is 0 Å². The molecule has 0 atom stereocenters. The number of benzene rings is 2. The van der Waals surface area contributed by atoms with E-state index in [0.29, 0.717) is 6.42 Å². The van der Waals surface area contributed by atoms with Gasteiger partial charge in [-0.25, -0.2) is 0 Å². The molecule has 0 bridgehead atoms.